The first-order chi connectivity index (χ1) is 24.3. The summed E-state index contributed by atoms with van der Waals surface area (Å²) in [5, 5.41) is 63.4. The van der Waals surface area contributed by atoms with E-state index in [4.69, 9.17) is 10.5 Å². The number of ketones is 1. The number of carbonyl (C=O) groups is 1. The summed E-state index contributed by atoms with van der Waals surface area (Å²) in [6, 6.07) is 0. The van der Waals surface area contributed by atoms with Crippen LogP contribution in [0.25, 0.3) is 0 Å². The Morgan fingerprint density at radius 1 is 1.12 bits per heavy atom. The van der Waals surface area contributed by atoms with Gasteiger partial charge in [0.2, 0.25) is 0 Å². The fourth-order valence-electron chi connectivity index (χ4n) is 12.6. The van der Waals surface area contributed by atoms with Crippen LogP contribution in [-0.4, -0.2) is 79.7 Å². The topological polar surface area (TPSA) is 166 Å². The molecule has 6 aliphatic carbocycles. The molecule has 4 bridgehead atoms. The van der Waals surface area contributed by atoms with Crippen molar-refractivity contribution in [2.24, 2.45) is 45.7 Å². The number of unbranched alkanes of at least 4 members (excludes halogenated alkanes) is 3. The summed E-state index contributed by atoms with van der Waals surface area (Å²) in [5.74, 6) is 6.40. The first kappa shape index (κ1) is 37.3. The van der Waals surface area contributed by atoms with Crippen LogP contribution in [0.1, 0.15) is 117 Å². The number of aliphatic hydroxyl groups excluding tert-OH is 3. The number of rotatable bonds is 11. The highest BCUT2D eigenvalue weighted by atomic mass is 16.5. The predicted octanol–water partition coefficient (Wildman–Crippen LogP) is 4.16. The molecule has 8 aliphatic rings. The summed E-state index contributed by atoms with van der Waals surface area (Å²) in [7, 11) is 0. The van der Waals surface area contributed by atoms with Gasteiger partial charge in [-0.1, -0.05) is 45.6 Å². The predicted molar refractivity (Wildman–Crippen MR) is 194 cm³/mol. The van der Waals surface area contributed by atoms with E-state index in [-0.39, 0.29) is 43.0 Å². The van der Waals surface area contributed by atoms with E-state index in [2.05, 4.69) is 31.0 Å². The largest absolute Gasteiger partial charge is 0.390 e. The molecule has 8 N–H and O–H groups in total. The number of nitrogens with one attached hydrogen (secondary N) is 1. The molecule has 14 unspecified atom stereocenters. The molecule has 8 rings (SSSR count). The van der Waals surface area contributed by atoms with Crippen LogP contribution in [0, 0.1) is 51.8 Å². The van der Waals surface area contributed by atoms with Gasteiger partial charge in [-0.25, -0.2) is 0 Å². The minimum Gasteiger partial charge on any atom is -0.390 e. The maximum absolute atomic E-state index is 14.7. The monoisotopic (exact) mass is 706 g/mol. The molecule has 1 saturated heterocycles. The van der Waals surface area contributed by atoms with Crippen molar-refractivity contribution < 1.29 is 35.1 Å². The van der Waals surface area contributed by atoms with Crippen molar-refractivity contribution in [2.75, 3.05) is 6.61 Å². The zero-order valence-corrected chi connectivity index (χ0v) is 30.9. The summed E-state index contributed by atoms with van der Waals surface area (Å²) in [5.41, 5.74) is 2.16. The van der Waals surface area contributed by atoms with Crippen LogP contribution in [0.4, 0.5) is 0 Å². The van der Waals surface area contributed by atoms with Gasteiger partial charge in [0, 0.05) is 24.5 Å². The molecule has 51 heavy (non-hydrogen) atoms. The molecule has 2 spiro atoms. The summed E-state index contributed by atoms with van der Waals surface area (Å²) >= 11 is 0. The highest BCUT2D eigenvalue weighted by Crippen LogP contribution is 2.73. The molecule has 282 valence electrons. The summed E-state index contributed by atoms with van der Waals surface area (Å²) in [6.45, 7) is 6.64. The molecular weight excluding hydrogens is 644 g/mol. The Bertz CT molecular complexity index is 1510. The number of nitrogens with two attached hydrogens (primary N) is 1. The number of ether oxygens (including phenoxy) is 1. The molecule has 0 aromatic carbocycles. The van der Waals surface area contributed by atoms with E-state index in [9.17, 15) is 30.3 Å². The number of aliphatic hydroxyl groups is 5. The van der Waals surface area contributed by atoms with Crippen LogP contribution in [0.3, 0.4) is 0 Å². The van der Waals surface area contributed by atoms with Crippen molar-refractivity contribution in [3.63, 3.8) is 0 Å². The SMILES string of the molecule is CCCCCCC1COC(C(O)C(C)(O)C2CCC3(O)C4=CC(=O)C56CC#CCC23CCC4C5(CCC2=CNC(N)C=C2)CC(O)C(O)C6)C1C. The number of allylic oxidation sites excluding steroid dienone is 3. The van der Waals surface area contributed by atoms with Crippen LogP contribution < -0.4 is 11.1 Å². The van der Waals surface area contributed by atoms with Gasteiger partial charge in [-0.3, -0.25) is 4.79 Å². The fourth-order valence-corrected chi connectivity index (χ4v) is 12.6. The zero-order chi connectivity index (χ0) is 36.4. The summed E-state index contributed by atoms with van der Waals surface area (Å²) < 4.78 is 6.28. The van der Waals surface area contributed by atoms with Gasteiger partial charge in [-0.05, 0) is 117 Å². The Labute approximate surface area is 304 Å². The molecule has 14 atom stereocenters. The molecule has 3 saturated carbocycles. The normalized spacial score (nSPS) is 45.9. The molecule has 0 aromatic rings. The Morgan fingerprint density at radius 2 is 1.88 bits per heavy atom. The van der Waals surface area contributed by atoms with Gasteiger partial charge in [0.05, 0.1) is 47.7 Å². The van der Waals surface area contributed by atoms with Gasteiger partial charge in [-0.15, -0.1) is 11.8 Å². The van der Waals surface area contributed by atoms with E-state index in [1.54, 1.807) is 13.0 Å². The van der Waals surface area contributed by atoms with E-state index < -0.39 is 57.8 Å². The molecule has 0 radical (unpaired) electrons. The van der Waals surface area contributed by atoms with E-state index in [0.29, 0.717) is 63.0 Å². The lowest BCUT2D eigenvalue weighted by atomic mass is 9.38. The molecule has 9 heteroatoms. The van der Waals surface area contributed by atoms with Crippen molar-refractivity contribution in [2.45, 2.75) is 159 Å². The van der Waals surface area contributed by atoms with Gasteiger partial charge < -0.3 is 41.3 Å². The number of dihydropyridines is 1. The second kappa shape index (κ2) is 13.7. The molecule has 2 aliphatic heterocycles. The minimum absolute atomic E-state index is 0.0882. The van der Waals surface area contributed by atoms with E-state index in [1.807, 2.05) is 18.4 Å². The van der Waals surface area contributed by atoms with Crippen LogP contribution in [0.15, 0.2) is 35.6 Å². The van der Waals surface area contributed by atoms with Gasteiger partial charge in [0.15, 0.2) is 5.78 Å². The third-order valence-corrected chi connectivity index (χ3v) is 15.5. The van der Waals surface area contributed by atoms with Crippen LogP contribution in [0.2, 0.25) is 0 Å². The van der Waals surface area contributed by atoms with E-state index in [0.717, 1.165) is 18.4 Å². The van der Waals surface area contributed by atoms with Crippen LogP contribution in [0.5, 0.6) is 0 Å². The lowest BCUT2D eigenvalue weighted by molar-refractivity contribution is -0.207. The number of carbonyl (C=O) groups excluding carboxylic acids is 1. The van der Waals surface area contributed by atoms with Gasteiger partial charge in [0.25, 0.3) is 0 Å². The van der Waals surface area contributed by atoms with E-state index in [1.165, 1.54) is 19.3 Å². The Kier molecular flexibility index (Phi) is 10.00. The van der Waals surface area contributed by atoms with Crippen molar-refractivity contribution in [3.8, 4) is 11.8 Å². The van der Waals surface area contributed by atoms with Gasteiger partial charge >= 0.3 is 0 Å². The third-order valence-electron chi connectivity index (χ3n) is 15.5. The van der Waals surface area contributed by atoms with Gasteiger partial charge in [0.1, 0.15) is 6.10 Å². The first-order valence-electron chi connectivity index (χ1n) is 20.0. The van der Waals surface area contributed by atoms with Crippen LogP contribution >= 0.6 is 0 Å². The van der Waals surface area contributed by atoms with Crippen molar-refractivity contribution in [3.05, 3.63) is 35.6 Å². The third kappa shape index (κ3) is 5.65. The first-order valence-corrected chi connectivity index (χ1v) is 20.0. The summed E-state index contributed by atoms with van der Waals surface area (Å²) in [6.07, 6.45) is 13.6. The second-order valence-electron chi connectivity index (χ2n) is 17.9. The second-order valence-corrected chi connectivity index (χ2v) is 17.9. The van der Waals surface area contributed by atoms with Gasteiger partial charge in [-0.2, -0.15) is 0 Å². The fraction of sp³-hybridized carbons (Fsp3) is 0.786. The summed E-state index contributed by atoms with van der Waals surface area (Å²) in [4.78, 5) is 14.7. The smallest absolute Gasteiger partial charge is 0.163 e. The molecule has 0 aromatic heterocycles. The highest BCUT2D eigenvalue weighted by molar-refractivity contribution is 5.98. The minimum atomic E-state index is -1.57. The highest BCUT2D eigenvalue weighted by Gasteiger charge is 2.74. The maximum atomic E-state index is 14.7. The Hall–Kier alpha value is -2.03. The molecule has 0 amide bonds. The van der Waals surface area contributed by atoms with Crippen molar-refractivity contribution in [1.29, 1.82) is 0 Å². The number of hydrogen-bond donors (Lipinski definition) is 7. The maximum Gasteiger partial charge on any atom is 0.163 e. The van der Waals surface area contributed by atoms with Crippen molar-refractivity contribution in [1.82, 2.24) is 5.32 Å². The Morgan fingerprint density at radius 3 is 2.63 bits per heavy atom. The quantitative estimate of drug-likeness (QED) is 0.123. The lowest BCUT2D eigenvalue weighted by Gasteiger charge is -2.66. The molecule has 4 fully saturated rings. The standard InChI is InChI=1S/C42H62N2O7/c1-4-5-6-7-10-28-25-51-36(26(28)2)37(48)38(3,49)33-15-20-42(50)30-21-34(47)41-17-9-8-16-39(33,42)19-14-29(30)40(41,22-31(45)32(46)23-41)18-13-27-11-12-35(43)44-24-27/h11-12,21,24,26,28-29,31-33,35-37,44-46,48-50H,4-7,10,13-20,22-23,25,43H2,1-3H3. The lowest BCUT2D eigenvalue weighted by Crippen LogP contribution is -2.68. The molecular formula is C42H62N2O7. The van der Waals surface area contributed by atoms with Crippen LogP contribution in [-0.2, 0) is 9.53 Å². The molecule has 2 heterocycles. The van der Waals surface area contributed by atoms with E-state index >= 15 is 0 Å². The Balaban J connectivity index is 1.23. The average molecular weight is 707 g/mol. The molecule has 9 nitrogen and oxygen atoms in total. The zero-order valence-electron chi connectivity index (χ0n) is 30.9. The average Bonchev–Trinajstić information content (AvgIpc) is 3.63. The van der Waals surface area contributed by atoms with Crippen molar-refractivity contribution >= 4 is 5.78 Å². The number of fused-ring (bicyclic) bond motifs is 4. The number of hydrogen-bond acceptors (Lipinski definition) is 9.